The van der Waals surface area contributed by atoms with Gasteiger partial charge >= 0.3 is 23.9 Å². The molecule has 0 bridgehead atoms. The van der Waals surface area contributed by atoms with E-state index in [1.54, 1.807) is 0 Å². The van der Waals surface area contributed by atoms with Gasteiger partial charge in [-0.05, 0) is 128 Å². The van der Waals surface area contributed by atoms with Gasteiger partial charge < -0.3 is 39.0 Å². The van der Waals surface area contributed by atoms with Crippen molar-refractivity contribution in [2.75, 3.05) is 13.2 Å². The second-order valence-electron chi connectivity index (χ2n) is 19.2. The van der Waals surface area contributed by atoms with Gasteiger partial charge in [-0.25, -0.2) is 4.79 Å². The van der Waals surface area contributed by atoms with E-state index in [0.29, 0.717) is 32.1 Å². The minimum absolute atomic E-state index is 0.00659. The standard InChI is InChI=1S/C65H100O12/c1-4-7-10-13-16-19-22-25-28-29-32-33-36-39-42-45-48-51-57(66)73-54-56(75-58(67)52-49-46-43-40-37-34-30-26-23-20-17-14-11-8-5-2)55-74-65-63(61(70)60(69)62(77-65)64(71)72)76-59(68)53-50-47-44-41-38-35-31-27-24-21-18-15-12-9-6-3/h7,9-10,12,16-21,25-28,30-33,38-39,41-42,56,60-63,65,69-70H,4-6,8,11,13-15,22-24,29,34-37,40,43-55H2,1-3H3,(H,71,72)/b10-7-,12-9-,19-16-,20-17-,21-18-,28-25-,30-26-,31-27-,33-32-,41-38-,42-39-. The first kappa shape index (κ1) is 69.9. The molecule has 1 heterocycles. The van der Waals surface area contributed by atoms with Gasteiger partial charge in [-0.2, -0.15) is 0 Å². The Morgan fingerprint density at radius 3 is 1.31 bits per heavy atom. The zero-order valence-corrected chi connectivity index (χ0v) is 47.4. The molecule has 12 nitrogen and oxygen atoms in total. The highest BCUT2D eigenvalue weighted by atomic mass is 16.7. The largest absolute Gasteiger partial charge is 0.479 e. The molecule has 1 aliphatic rings. The van der Waals surface area contributed by atoms with Crippen molar-refractivity contribution in [1.82, 2.24) is 0 Å². The maximum Gasteiger partial charge on any atom is 0.335 e. The predicted octanol–water partition coefficient (Wildman–Crippen LogP) is 15.0. The van der Waals surface area contributed by atoms with Gasteiger partial charge in [-0.3, -0.25) is 14.4 Å². The molecule has 1 rings (SSSR count). The smallest absolute Gasteiger partial charge is 0.335 e. The van der Waals surface area contributed by atoms with Gasteiger partial charge in [0.25, 0.3) is 0 Å². The third-order valence-electron chi connectivity index (χ3n) is 12.2. The van der Waals surface area contributed by atoms with E-state index in [2.05, 4.69) is 148 Å². The maximum absolute atomic E-state index is 13.1. The number of carbonyl (C=O) groups excluding carboxylic acids is 3. The van der Waals surface area contributed by atoms with Crippen molar-refractivity contribution in [3.63, 3.8) is 0 Å². The molecule has 6 unspecified atom stereocenters. The molecule has 0 amide bonds. The summed E-state index contributed by atoms with van der Waals surface area (Å²) in [6, 6.07) is 0. The van der Waals surface area contributed by atoms with Crippen molar-refractivity contribution in [3.8, 4) is 0 Å². The molecule has 1 fully saturated rings. The van der Waals surface area contributed by atoms with Crippen molar-refractivity contribution >= 4 is 23.9 Å². The number of esters is 3. The summed E-state index contributed by atoms with van der Waals surface area (Å²) in [5.74, 6) is -3.30. The van der Waals surface area contributed by atoms with Crippen LogP contribution in [-0.4, -0.2) is 89.2 Å². The van der Waals surface area contributed by atoms with Gasteiger partial charge in [-0.15, -0.1) is 0 Å². The molecule has 432 valence electrons. The van der Waals surface area contributed by atoms with Crippen LogP contribution in [0.3, 0.4) is 0 Å². The quantitative estimate of drug-likeness (QED) is 0.0228. The number of carboxylic acid groups (broad SMARTS) is 1. The van der Waals surface area contributed by atoms with Crippen LogP contribution in [0.25, 0.3) is 0 Å². The summed E-state index contributed by atoms with van der Waals surface area (Å²) in [6.07, 6.45) is 60.0. The van der Waals surface area contributed by atoms with E-state index in [9.17, 15) is 34.5 Å². The highest BCUT2D eigenvalue weighted by molar-refractivity contribution is 5.74. The third-order valence-corrected chi connectivity index (χ3v) is 12.2. The lowest BCUT2D eigenvalue weighted by molar-refractivity contribution is -0.301. The number of ether oxygens (including phenoxy) is 5. The Labute approximate surface area is 464 Å². The molecule has 0 aromatic carbocycles. The molecular weight excluding hydrogens is 973 g/mol. The summed E-state index contributed by atoms with van der Waals surface area (Å²) in [5, 5.41) is 31.5. The van der Waals surface area contributed by atoms with E-state index in [1.807, 2.05) is 6.08 Å². The number of hydrogen-bond donors (Lipinski definition) is 3. The zero-order chi connectivity index (χ0) is 56.1. The van der Waals surface area contributed by atoms with E-state index < -0.39 is 67.3 Å². The Morgan fingerprint density at radius 2 is 0.831 bits per heavy atom. The Kier molecular flexibility index (Phi) is 46.8. The fraction of sp³-hybridized carbons (Fsp3) is 0.600. The number of aliphatic hydroxyl groups excluding tert-OH is 2. The van der Waals surface area contributed by atoms with Gasteiger partial charge in [0.2, 0.25) is 0 Å². The fourth-order valence-electron chi connectivity index (χ4n) is 7.78. The summed E-state index contributed by atoms with van der Waals surface area (Å²) >= 11 is 0. The molecule has 1 aliphatic heterocycles. The van der Waals surface area contributed by atoms with Crippen molar-refractivity contribution < 1.29 is 58.2 Å². The molecule has 0 saturated carbocycles. The first-order valence-corrected chi connectivity index (χ1v) is 29.2. The first-order chi connectivity index (χ1) is 37.6. The summed E-state index contributed by atoms with van der Waals surface area (Å²) in [7, 11) is 0. The van der Waals surface area contributed by atoms with Crippen LogP contribution in [-0.2, 0) is 42.9 Å². The van der Waals surface area contributed by atoms with E-state index in [-0.39, 0.29) is 25.9 Å². The second kappa shape index (κ2) is 51.6. The van der Waals surface area contributed by atoms with Crippen LogP contribution in [0.2, 0.25) is 0 Å². The van der Waals surface area contributed by atoms with Crippen LogP contribution in [0.4, 0.5) is 0 Å². The molecule has 0 spiro atoms. The highest BCUT2D eigenvalue weighted by Gasteiger charge is 2.50. The van der Waals surface area contributed by atoms with Crippen LogP contribution < -0.4 is 0 Å². The van der Waals surface area contributed by atoms with Crippen molar-refractivity contribution in [2.24, 2.45) is 0 Å². The number of rotatable bonds is 47. The Hall–Kier alpha value is -5.14. The Balaban J connectivity index is 2.78. The van der Waals surface area contributed by atoms with Crippen LogP contribution in [0, 0.1) is 0 Å². The molecule has 0 aromatic rings. The van der Waals surface area contributed by atoms with Gasteiger partial charge in [0.1, 0.15) is 18.8 Å². The van der Waals surface area contributed by atoms with Crippen molar-refractivity contribution in [3.05, 3.63) is 134 Å². The van der Waals surface area contributed by atoms with Crippen molar-refractivity contribution in [1.29, 1.82) is 0 Å². The molecule has 0 aliphatic carbocycles. The molecule has 12 heteroatoms. The minimum atomic E-state index is -1.93. The summed E-state index contributed by atoms with van der Waals surface area (Å²) in [4.78, 5) is 51.1. The maximum atomic E-state index is 13.1. The van der Waals surface area contributed by atoms with Gasteiger partial charge in [-0.1, -0.05) is 187 Å². The number of aliphatic carboxylic acids is 1. The lowest BCUT2D eigenvalue weighted by atomic mass is 9.98. The molecule has 6 atom stereocenters. The lowest BCUT2D eigenvalue weighted by Crippen LogP contribution is -2.61. The monoisotopic (exact) mass is 1070 g/mol. The highest BCUT2D eigenvalue weighted by Crippen LogP contribution is 2.26. The number of allylic oxidation sites excluding steroid dienone is 22. The molecular formula is C65H100O12. The van der Waals surface area contributed by atoms with Crippen LogP contribution in [0.5, 0.6) is 0 Å². The van der Waals surface area contributed by atoms with Gasteiger partial charge in [0.15, 0.2) is 24.6 Å². The Morgan fingerprint density at radius 1 is 0.442 bits per heavy atom. The average Bonchev–Trinajstić information content (AvgIpc) is 3.42. The number of hydrogen-bond acceptors (Lipinski definition) is 11. The number of carbonyl (C=O) groups is 4. The number of unbranched alkanes of at least 4 members (excludes halogenated alkanes) is 11. The summed E-state index contributed by atoms with van der Waals surface area (Å²) < 4.78 is 28.3. The topological polar surface area (TPSA) is 175 Å². The van der Waals surface area contributed by atoms with Crippen LogP contribution in [0.1, 0.15) is 201 Å². The van der Waals surface area contributed by atoms with Crippen molar-refractivity contribution in [2.45, 2.75) is 237 Å². The Bertz CT molecular complexity index is 1850. The van der Waals surface area contributed by atoms with Crippen LogP contribution >= 0.6 is 0 Å². The molecule has 0 radical (unpaired) electrons. The molecule has 1 saturated heterocycles. The minimum Gasteiger partial charge on any atom is -0.479 e. The van der Waals surface area contributed by atoms with E-state index in [1.165, 1.54) is 19.3 Å². The van der Waals surface area contributed by atoms with Gasteiger partial charge in [0, 0.05) is 19.3 Å². The SMILES string of the molecule is CC/C=C\C/C=C\C/C=C\C/C=C\C/C=C\CCCC(=O)OCC(COC1OC(C(=O)O)C(O)C(O)C1OC(=O)CCCC/C=C\C/C=C\C/C=C\C/C=C\CC)OC(=O)CCCCCCC/C=C\C/C=C\CCCCC. The summed E-state index contributed by atoms with van der Waals surface area (Å²) in [6.45, 7) is 5.64. The van der Waals surface area contributed by atoms with E-state index in [4.69, 9.17) is 23.7 Å². The second-order valence-corrected chi connectivity index (χ2v) is 19.2. The van der Waals surface area contributed by atoms with Gasteiger partial charge in [0.05, 0.1) is 6.61 Å². The third kappa shape index (κ3) is 41.6. The van der Waals surface area contributed by atoms with E-state index in [0.717, 1.165) is 109 Å². The summed E-state index contributed by atoms with van der Waals surface area (Å²) in [5.41, 5.74) is 0. The normalized spacial score (nSPS) is 19.0. The van der Waals surface area contributed by atoms with E-state index >= 15 is 0 Å². The average molecular weight is 1070 g/mol. The molecule has 3 N–H and O–H groups in total. The number of carboxylic acids is 1. The number of aliphatic hydroxyl groups is 2. The molecule has 77 heavy (non-hydrogen) atoms. The first-order valence-electron chi connectivity index (χ1n) is 29.2. The van der Waals surface area contributed by atoms with Crippen LogP contribution in [0.15, 0.2) is 134 Å². The fourth-order valence-corrected chi connectivity index (χ4v) is 7.78. The zero-order valence-electron chi connectivity index (χ0n) is 47.4. The predicted molar refractivity (Wildman–Crippen MR) is 312 cm³/mol. The molecule has 0 aromatic heterocycles. The lowest BCUT2D eigenvalue weighted by Gasteiger charge is -2.40.